The number of hydrogen-bond acceptors (Lipinski definition) is 4. The maximum atomic E-state index is 6.68. The van der Waals surface area contributed by atoms with E-state index in [2.05, 4.69) is 10.2 Å². The van der Waals surface area contributed by atoms with Gasteiger partial charge >= 0.3 is 0 Å². The minimum absolute atomic E-state index is 0.151. The molecule has 0 amide bonds. The molecule has 3 heterocycles. The molecule has 3 aromatic rings. The average Bonchev–Trinajstić information content (AvgIpc) is 3.43. The predicted molar refractivity (Wildman–Crippen MR) is 109 cm³/mol. The van der Waals surface area contributed by atoms with Gasteiger partial charge in [0.25, 0.3) is 0 Å². The highest BCUT2D eigenvalue weighted by atomic mass is 35.5. The van der Waals surface area contributed by atoms with E-state index in [9.17, 15) is 0 Å². The maximum Gasteiger partial charge on any atom is 0.180 e. The normalized spacial score (nSPS) is 17.9. The van der Waals surface area contributed by atoms with E-state index in [0.717, 1.165) is 55.3 Å². The topological polar surface area (TPSA) is 48.7 Å². The SMILES string of the molecule is Clc1cc(-c2ccn3c(CC4CC4)nnc3c2Cl)ccc1OC1CCOCC1. The molecule has 1 saturated carbocycles. The van der Waals surface area contributed by atoms with Crippen molar-refractivity contribution < 1.29 is 9.47 Å². The summed E-state index contributed by atoms with van der Waals surface area (Å²) in [4.78, 5) is 0. The third-order valence-corrected chi connectivity index (χ3v) is 6.13. The lowest BCUT2D eigenvalue weighted by Crippen LogP contribution is -2.25. The zero-order valence-corrected chi connectivity index (χ0v) is 16.9. The first-order valence-electron chi connectivity index (χ1n) is 9.75. The van der Waals surface area contributed by atoms with Crippen LogP contribution in [0.25, 0.3) is 16.8 Å². The van der Waals surface area contributed by atoms with Crippen molar-refractivity contribution in [3.05, 3.63) is 46.3 Å². The molecule has 28 heavy (non-hydrogen) atoms. The molecule has 0 unspecified atom stereocenters. The van der Waals surface area contributed by atoms with Crippen LogP contribution in [0.5, 0.6) is 5.75 Å². The molecular formula is C21H21Cl2N3O2. The van der Waals surface area contributed by atoms with Gasteiger partial charge in [0.15, 0.2) is 5.65 Å². The average molecular weight is 418 g/mol. The summed E-state index contributed by atoms with van der Waals surface area (Å²) in [5.74, 6) is 2.42. The van der Waals surface area contributed by atoms with Gasteiger partial charge < -0.3 is 9.47 Å². The molecular weight excluding hydrogens is 397 g/mol. The molecule has 0 radical (unpaired) electrons. The van der Waals surface area contributed by atoms with Crippen LogP contribution in [0.4, 0.5) is 0 Å². The molecule has 2 fully saturated rings. The minimum Gasteiger partial charge on any atom is -0.489 e. The van der Waals surface area contributed by atoms with E-state index in [-0.39, 0.29) is 6.10 Å². The molecule has 2 aliphatic rings. The minimum atomic E-state index is 0.151. The highest BCUT2D eigenvalue weighted by molar-refractivity contribution is 6.36. The molecule has 0 N–H and O–H groups in total. The number of aromatic nitrogens is 3. The van der Waals surface area contributed by atoms with E-state index in [0.29, 0.717) is 21.4 Å². The van der Waals surface area contributed by atoms with Gasteiger partial charge in [-0.15, -0.1) is 10.2 Å². The maximum absolute atomic E-state index is 6.68. The third kappa shape index (κ3) is 3.59. The number of benzene rings is 1. The molecule has 1 saturated heterocycles. The fourth-order valence-corrected chi connectivity index (χ4v) is 4.18. The molecule has 2 aromatic heterocycles. The summed E-state index contributed by atoms with van der Waals surface area (Å²) < 4.78 is 13.4. The van der Waals surface area contributed by atoms with E-state index >= 15 is 0 Å². The number of nitrogens with zero attached hydrogens (tertiary/aromatic N) is 3. The van der Waals surface area contributed by atoms with Crippen LogP contribution in [0, 0.1) is 5.92 Å². The van der Waals surface area contributed by atoms with Gasteiger partial charge in [-0.05, 0) is 42.5 Å². The van der Waals surface area contributed by atoms with Gasteiger partial charge in [-0.2, -0.15) is 0 Å². The van der Waals surface area contributed by atoms with E-state index in [4.69, 9.17) is 32.7 Å². The number of ether oxygens (including phenoxy) is 2. The van der Waals surface area contributed by atoms with Crippen LogP contribution in [-0.2, 0) is 11.2 Å². The van der Waals surface area contributed by atoms with Crippen LogP contribution >= 0.6 is 23.2 Å². The van der Waals surface area contributed by atoms with Crippen molar-refractivity contribution in [2.45, 2.75) is 38.2 Å². The number of hydrogen-bond donors (Lipinski definition) is 0. The second-order valence-corrected chi connectivity index (χ2v) is 8.36. The fraction of sp³-hybridized carbons (Fsp3) is 0.429. The standard InChI is InChI=1S/C21H21Cl2N3O2/c22-17-12-14(3-4-18(17)28-15-6-9-27-10-7-15)16-5-8-26-19(11-13-1-2-13)24-25-21(26)20(16)23/h3-5,8,12-13,15H,1-2,6-7,9-11H2. The summed E-state index contributed by atoms with van der Waals surface area (Å²) in [6.07, 6.45) is 7.43. The summed E-state index contributed by atoms with van der Waals surface area (Å²) in [7, 11) is 0. The Balaban J connectivity index is 1.42. The molecule has 7 heteroatoms. The first-order chi connectivity index (χ1) is 13.7. The Labute approximate surface area is 173 Å². The molecule has 0 spiro atoms. The Morgan fingerprint density at radius 1 is 1.07 bits per heavy atom. The van der Waals surface area contributed by atoms with Crippen LogP contribution in [0.15, 0.2) is 30.5 Å². The summed E-state index contributed by atoms with van der Waals surface area (Å²) in [5, 5.41) is 9.82. The fourth-order valence-electron chi connectivity index (χ4n) is 3.65. The zero-order valence-electron chi connectivity index (χ0n) is 15.4. The predicted octanol–water partition coefficient (Wildman–Crippen LogP) is 5.21. The number of pyridine rings is 1. The Hall–Kier alpha value is -1.82. The van der Waals surface area contributed by atoms with Crippen LogP contribution in [0.1, 0.15) is 31.5 Å². The van der Waals surface area contributed by atoms with Gasteiger partial charge in [-0.25, -0.2) is 0 Å². The lowest BCUT2D eigenvalue weighted by Gasteiger charge is -2.24. The number of rotatable bonds is 5. The molecule has 0 atom stereocenters. The van der Waals surface area contributed by atoms with Crippen molar-refractivity contribution in [1.29, 1.82) is 0 Å². The number of fused-ring (bicyclic) bond motifs is 1. The van der Waals surface area contributed by atoms with Gasteiger partial charge in [-0.3, -0.25) is 4.40 Å². The largest absolute Gasteiger partial charge is 0.489 e. The third-order valence-electron chi connectivity index (χ3n) is 5.46. The Kier molecular flexibility index (Phi) is 4.91. The van der Waals surface area contributed by atoms with Gasteiger partial charge in [0, 0.05) is 31.0 Å². The molecule has 1 aromatic carbocycles. The first-order valence-corrected chi connectivity index (χ1v) is 10.5. The van der Waals surface area contributed by atoms with Crippen molar-refractivity contribution >= 4 is 28.8 Å². The lowest BCUT2D eigenvalue weighted by molar-refractivity contribution is 0.0256. The molecule has 1 aliphatic carbocycles. The second kappa shape index (κ2) is 7.54. The second-order valence-electron chi connectivity index (χ2n) is 7.58. The summed E-state index contributed by atoms with van der Waals surface area (Å²) in [6.45, 7) is 1.47. The van der Waals surface area contributed by atoms with Crippen molar-refractivity contribution in [2.24, 2.45) is 5.92 Å². The van der Waals surface area contributed by atoms with Crippen molar-refractivity contribution in [1.82, 2.24) is 14.6 Å². The van der Waals surface area contributed by atoms with E-state index < -0.39 is 0 Å². The van der Waals surface area contributed by atoms with Crippen LogP contribution in [-0.4, -0.2) is 33.9 Å². The Morgan fingerprint density at radius 2 is 1.89 bits per heavy atom. The Morgan fingerprint density at radius 3 is 2.64 bits per heavy atom. The molecule has 5 rings (SSSR count). The highest BCUT2D eigenvalue weighted by Gasteiger charge is 2.25. The van der Waals surface area contributed by atoms with Gasteiger partial charge in [0.1, 0.15) is 17.7 Å². The number of halogens is 2. The van der Waals surface area contributed by atoms with Gasteiger partial charge in [0.05, 0.1) is 23.3 Å². The van der Waals surface area contributed by atoms with Gasteiger partial charge in [0.2, 0.25) is 0 Å². The smallest absolute Gasteiger partial charge is 0.180 e. The summed E-state index contributed by atoms with van der Waals surface area (Å²) >= 11 is 13.2. The van der Waals surface area contributed by atoms with Crippen molar-refractivity contribution in [2.75, 3.05) is 13.2 Å². The van der Waals surface area contributed by atoms with E-state index in [1.165, 1.54) is 12.8 Å². The zero-order chi connectivity index (χ0) is 19.1. The van der Waals surface area contributed by atoms with Crippen LogP contribution in [0.2, 0.25) is 10.0 Å². The summed E-state index contributed by atoms with van der Waals surface area (Å²) in [6, 6.07) is 7.80. The van der Waals surface area contributed by atoms with Crippen molar-refractivity contribution in [3.8, 4) is 16.9 Å². The van der Waals surface area contributed by atoms with E-state index in [1.807, 2.05) is 34.9 Å². The van der Waals surface area contributed by atoms with Crippen molar-refractivity contribution in [3.63, 3.8) is 0 Å². The molecule has 5 nitrogen and oxygen atoms in total. The summed E-state index contributed by atoms with van der Waals surface area (Å²) in [5.41, 5.74) is 2.51. The van der Waals surface area contributed by atoms with E-state index in [1.54, 1.807) is 0 Å². The molecule has 1 aliphatic heterocycles. The van der Waals surface area contributed by atoms with Crippen LogP contribution in [0.3, 0.4) is 0 Å². The Bertz CT molecular complexity index is 1010. The quantitative estimate of drug-likeness (QED) is 0.571. The first kappa shape index (κ1) is 18.2. The molecule has 0 bridgehead atoms. The monoisotopic (exact) mass is 417 g/mol. The van der Waals surface area contributed by atoms with Crippen LogP contribution < -0.4 is 4.74 Å². The highest BCUT2D eigenvalue weighted by Crippen LogP contribution is 2.37. The lowest BCUT2D eigenvalue weighted by atomic mass is 10.1. The molecule has 146 valence electrons. The van der Waals surface area contributed by atoms with Gasteiger partial charge in [-0.1, -0.05) is 29.3 Å².